The van der Waals surface area contributed by atoms with E-state index in [1.807, 2.05) is 13.8 Å². The number of fused-ring (bicyclic) bond motifs is 2. The minimum atomic E-state index is -6.23. The molecule has 0 aromatic heterocycles. The number of allylic oxidation sites excluding steroid dienone is 2. The van der Waals surface area contributed by atoms with Crippen molar-refractivity contribution in [3.63, 3.8) is 0 Å². The van der Waals surface area contributed by atoms with E-state index >= 15 is 0 Å². The van der Waals surface area contributed by atoms with Gasteiger partial charge in [-0.3, -0.25) is 0 Å². The number of nitrogens with one attached hydrogen (secondary N) is 2. The number of aryl methyl sites for hydroxylation is 4. The van der Waals surface area contributed by atoms with Gasteiger partial charge in [-0.25, -0.2) is 0 Å². The van der Waals surface area contributed by atoms with Crippen LogP contribution >= 0.6 is 17.2 Å². The molecule has 293 valence electrons. The van der Waals surface area contributed by atoms with E-state index in [9.17, 15) is 9.59 Å². The summed E-state index contributed by atoms with van der Waals surface area (Å²) in [5.74, 6) is -0.239. The van der Waals surface area contributed by atoms with Crippen LogP contribution in [0.4, 0.5) is 0 Å². The maximum atomic E-state index is 13.7. The van der Waals surface area contributed by atoms with Gasteiger partial charge < -0.3 is 0 Å². The second-order valence-electron chi connectivity index (χ2n) is 17.1. The molecule has 0 saturated carbocycles. The predicted octanol–water partition coefficient (Wildman–Crippen LogP) is 12.8. The molecule has 0 heterocycles. The number of carbonyl (C=O) groups excluding carboxylic acids is 2. The van der Waals surface area contributed by atoms with Crippen molar-refractivity contribution in [3.05, 3.63) is 127 Å². The molecule has 2 N–H and O–H groups in total. The third-order valence-electron chi connectivity index (χ3n) is 12.6. The first-order valence-corrected chi connectivity index (χ1v) is 35.5. The first-order valence-electron chi connectivity index (χ1n) is 20.3. The molecule has 2 amide bonds. The van der Waals surface area contributed by atoms with Gasteiger partial charge in [-0.05, 0) is 0 Å². The second kappa shape index (κ2) is 15.9. The van der Waals surface area contributed by atoms with E-state index < -0.39 is 27.8 Å². The van der Waals surface area contributed by atoms with Crippen molar-refractivity contribution in [2.24, 2.45) is 11.8 Å². The van der Waals surface area contributed by atoms with Gasteiger partial charge in [0, 0.05) is 0 Å². The van der Waals surface area contributed by atoms with Crippen molar-refractivity contribution in [2.45, 2.75) is 103 Å². The number of carbonyl (C=O) groups is 2. The van der Waals surface area contributed by atoms with Gasteiger partial charge in [0.15, 0.2) is 0 Å². The summed E-state index contributed by atoms with van der Waals surface area (Å²) in [5, 5.41) is 6.59. The first kappa shape index (κ1) is 42.4. The molecule has 4 nitrogen and oxygen atoms in total. The Morgan fingerprint density at radius 3 is 1.34 bits per heavy atom. The summed E-state index contributed by atoms with van der Waals surface area (Å²) < 4.78 is -1.79. The zero-order valence-corrected chi connectivity index (χ0v) is 40.4. The van der Waals surface area contributed by atoms with Crippen LogP contribution in [0.25, 0.3) is 34.4 Å². The van der Waals surface area contributed by atoms with Crippen LogP contribution in [0.2, 0.25) is 0 Å². The SMILES string of the molecule is CCC(=O)N[B](NC(=O)CC)[Hf]([Cl])([Cl])([CH]1C(C(C)C)=Cc2c(-c3cc(C)cc(C)c3C)cccc21)[CH]1C(C(C)C)=Cc2c(-c3cc(C)cc(C)c3C)cccc21. The molecule has 0 fully saturated rings. The molecule has 0 bridgehead atoms. The van der Waals surface area contributed by atoms with Crippen molar-refractivity contribution in [2.75, 3.05) is 0 Å². The van der Waals surface area contributed by atoms with Crippen LogP contribution in [-0.4, -0.2) is 16.4 Å². The molecule has 2 atom stereocenters. The molecule has 2 unspecified atom stereocenters. The Morgan fingerprint density at radius 1 is 0.625 bits per heavy atom. The Kier molecular flexibility index (Phi) is 12.0. The molecule has 0 spiro atoms. The molecule has 2 aliphatic carbocycles. The molecule has 56 heavy (non-hydrogen) atoms. The summed E-state index contributed by atoms with van der Waals surface area (Å²) in [6.07, 6.45) is 5.13. The Hall–Kier alpha value is -3.18. The van der Waals surface area contributed by atoms with Gasteiger partial charge in [-0.2, -0.15) is 0 Å². The molecule has 6 rings (SSSR count). The topological polar surface area (TPSA) is 58.2 Å². The van der Waals surface area contributed by atoms with Crippen LogP contribution < -0.4 is 10.5 Å². The fourth-order valence-corrected chi connectivity index (χ4v) is 39.7. The normalized spacial score (nSPS) is 16.9. The molecule has 0 aliphatic heterocycles. The van der Waals surface area contributed by atoms with Crippen LogP contribution in [0.5, 0.6) is 0 Å². The number of hydrogen-bond donors (Lipinski definition) is 2. The van der Waals surface area contributed by atoms with Crippen LogP contribution in [0.3, 0.4) is 0 Å². The number of hydrogen-bond acceptors (Lipinski definition) is 2. The maximum absolute atomic E-state index is 13.7. The molecular formula is C48H58BCl2HfN2O2. The third kappa shape index (κ3) is 7.15. The van der Waals surface area contributed by atoms with Crippen LogP contribution in [0.1, 0.15) is 117 Å². The third-order valence-corrected chi connectivity index (χ3v) is 40.9. The van der Waals surface area contributed by atoms with Gasteiger partial charge in [-0.15, -0.1) is 0 Å². The van der Waals surface area contributed by atoms with Crippen molar-refractivity contribution < 1.29 is 25.5 Å². The number of halogens is 2. The standard InChI is InChI=1S/2C21H23.C6H11BN2O2.2ClH.Hf/c2*1-13(2)18-11-17-7-6-8-19(21(17)12-18)20-10-14(3)9-15(4)16(20)5;1-3-5(10)8-7-9-6(11)4-2;;;/h2*6-13H,1-5H3;3-4H2,1-2H3,(H-,8,9,10,11);2*1H;/q;;;;;+1/p-1. The van der Waals surface area contributed by atoms with E-state index in [-0.39, 0.29) is 36.5 Å². The van der Waals surface area contributed by atoms with Gasteiger partial charge in [0.05, 0.1) is 0 Å². The van der Waals surface area contributed by atoms with Crippen molar-refractivity contribution >= 4 is 45.7 Å². The van der Waals surface area contributed by atoms with Crippen molar-refractivity contribution in [1.29, 1.82) is 0 Å². The Labute approximate surface area is 344 Å². The predicted molar refractivity (Wildman–Crippen MR) is 238 cm³/mol. The summed E-state index contributed by atoms with van der Waals surface area (Å²) in [6.45, 7) is 25.5. The molecule has 0 radical (unpaired) electrons. The summed E-state index contributed by atoms with van der Waals surface area (Å²) >= 11 is -6.23. The first-order chi connectivity index (χ1) is 26.3. The van der Waals surface area contributed by atoms with Gasteiger partial charge in [-0.1, -0.05) is 0 Å². The van der Waals surface area contributed by atoms with E-state index in [4.69, 9.17) is 17.2 Å². The Bertz CT molecular complexity index is 2170. The quantitative estimate of drug-likeness (QED) is 0.147. The molecular weight excluding hydrogens is 897 g/mol. The summed E-state index contributed by atoms with van der Waals surface area (Å²) in [7, 11) is 17.9. The van der Waals surface area contributed by atoms with Crippen LogP contribution in [0.15, 0.2) is 71.8 Å². The Morgan fingerprint density at radius 2 is 1.00 bits per heavy atom. The van der Waals surface area contributed by atoms with E-state index in [1.165, 1.54) is 44.5 Å². The summed E-state index contributed by atoms with van der Waals surface area (Å²) in [5.41, 5.74) is 18.7. The molecule has 4 aromatic rings. The average Bonchev–Trinajstić information content (AvgIpc) is 3.76. The summed E-state index contributed by atoms with van der Waals surface area (Å²) in [6, 6.07) is 22.1. The molecule has 4 aromatic carbocycles. The van der Waals surface area contributed by atoms with Crippen LogP contribution in [0, 0.1) is 53.4 Å². The fourth-order valence-electron chi connectivity index (χ4n) is 9.53. The Balaban J connectivity index is 1.74. The second-order valence-corrected chi connectivity index (χ2v) is 47.5. The number of rotatable bonds is 11. The van der Waals surface area contributed by atoms with Gasteiger partial charge in [0.2, 0.25) is 0 Å². The van der Waals surface area contributed by atoms with E-state index in [0.29, 0.717) is 0 Å². The zero-order chi connectivity index (χ0) is 41.0. The average molecular weight is 955 g/mol. The monoisotopic (exact) mass is 955 g/mol. The molecule has 0 saturated heterocycles. The number of benzene rings is 4. The van der Waals surface area contributed by atoms with Gasteiger partial charge in [0.25, 0.3) is 0 Å². The zero-order valence-electron chi connectivity index (χ0n) is 35.3. The van der Waals surface area contributed by atoms with Crippen LogP contribution in [-0.2, 0) is 25.5 Å². The minimum absolute atomic E-state index is 0.0783. The van der Waals surface area contributed by atoms with Crippen molar-refractivity contribution in [1.82, 2.24) is 10.5 Å². The van der Waals surface area contributed by atoms with E-state index in [1.54, 1.807) is 0 Å². The van der Waals surface area contributed by atoms with Gasteiger partial charge >= 0.3 is 346 Å². The van der Waals surface area contributed by atoms with E-state index in [2.05, 4.69) is 153 Å². The van der Waals surface area contributed by atoms with Gasteiger partial charge in [0.1, 0.15) is 0 Å². The van der Waals surface area contributed by atoms with E-state index in [0.717, 1.165) is 44.5 Å². The molecule has 8 heteroatoms. The summed E-state index contributed by atoms with van der Waals surface area (Å²) in [4.78, 5) is 27.5. The fraction of sp³-hybridized carbons (Fsp3) is 0.375. The van der Waals surface area contributed by atoms with Crippen molar-refractivity contribution in [3.8, 4) is 22.3 Å². The number of amides is 2. The molecule has 2 aliphatic rings.